The van der Waals surface area contributed by atoms with E-state index in [1.54, 1.807) is 6.20 Å². The first-order valence-electron chi connectivity index (χ1n) is 3.97. The van der Waals surface area contributed by atoms with Gasteiger partial charge in [-0.05, 0) is 6.42 Å². The van der Waals surface area contributed by atoms with Crippen LogP contribution in [0.2, 0.25) is 5.15 Å². The lowest BCUT2D eigenvalue weighted by Crippen LogP contribution is -2.10. The molecule has 2 aromatic rings. The molecule has 0 aliphatic carbocycles. The first-order chi connectivity index (χ1) is 6.20. The molecule has 2 rings (SSSR count). The van der Waals surface area contributed by atoms with Crippen LogP contribution in [0, 0.1) is 0 Å². The highest BCUT2D eigenvalue weighted by molar-refractivity contribution is 6.29. The van der Waals surface area contributed by atoms with E-state index in [1.807, 2.05) is 6.92 Å². The molecule has 5 heteroatoms. The Hall–Kier alpha value is -1.29. The first-order valence-corrected chi connectivity index (χ1v) is 4.35. The Kier molecular flexibility index (Phi) is 1.84. The third-order valence-corrected chi connectivity index (χ3v) is 2.05. The summed E-state index contributed by atoms with van der Waals surface area (Å²) in [5, 5.41) is 0.217. The van der Waals surface area contributed by atoms with E-state index in [4.69, 9.17) is 11.6 Å². The van der Waals surface area contributed by atoms with E-state index in [1.165, 1.54) is 10.5 Å². The average molecular weight is 198 g/mol. The van der Waals surface area contributed by atoms with Crippen LogP contribution in [-0.4, -0.2) is 14.4 Å². The lowest BCUT2D eigenvalue weighted by Gasteiger charge is -1.90. The standard InChI is InChI=1S/C8H8ClN3O/c1-2-5-4-12-7(13)3-6(9)11-8(12)10-5/h3-4H,2H2,1H3,(H,10,11). The number of aromatic amines is 1. The number of hydrogen-bond acceptors (Lipinski definition) is 2. The summed E-state index contributed by atoms with van der Waals surface area (Å²) < 4.78 is 1.45. The summed E-state index contributed by atoms with van der Waals surface area (Å²) in [6, 6.07) is 1.29. The number of H-pyrrole nitrogens is 1. The fourth-order valence-corrected chi connectivity index (χ4v) is 1.36. The number of halogens is 1. The van der Waals surface area contributed by atoms with E-state index in [-0.39, 0.29) is 10.7 Å². The van der Waals surface area contributed by atoms with Gasteiger partial charge in [0.05, 0.1) is 0 Å². The van der Waals surface area contributed by atoms with Crippen molar-refractivity contribution < 1.29 is 0 Å². The Labute approximate surface area is 79.2 Å². The van der Waals surface area contributed by atoms with Crippen LogP contribution in [0.25, 0.3) is 5.78 Å². The monoisotopic (exact) mass is 197 g/mol. The quantitative estimate of drug-likeness (QED) is 0.700. The third kappa shape index (κ3) is 1.33. The van der Waals surface area contributed by atoms with Gasteiger partial charge in [0, 0.05) is 18.0 Å². The zero-order chi connectivity index (χ0) is 9.42. The topological polar surface area (TPSA) is 50.2 Å². The Bertz CT molecular complexity index is 500. The fourth-order valence-electron chi connectivity index (χ4n) is 1.19. The van der Waals surface area contributed by atoms with Gasteiger partial charge in [-0.3, -0.25) is 9.20 Å². The van der Waals surface area contributed by atoms with Crippen LogP contribution in [0.15, 0.2) is 17.1 Å². The molecular weight excluding hydrogens is 190 g/mol. The summed E-state index contributed by atoms with van der Waals surface area (Å²) in [5.74, 6) is 0.495. The van der Waals surface area contributed by atoms with Crippen LogP contribution in [0.1, 0.15) is 12.6 Å². The molecule has 0 amide bonds. The predicted octanol–water partition coefficient (Wildman–Crippen LogP) is 1.24. The Morgan fingerprint density at radius 2 is 2.46 bits per heavy atom. The van der Waals surface area contributed by atoms with E-state index in [0.29, 0.717) is 5.78 Å². The van der Waals surface area contributed by atoms with Gasteiger partial charge >= 0.3 is 0 Å². The summed E-state index contributed by atoms with van der Waals surface area (Å²) in [6.45, 7) is 2.00. The van der Waals surface area contributed by atoms with E-state index in [2.05, 4.69) is 9.97 Å². The first kappa shape index (κ1) is 8.31. The molecule has 0 aliphatic rings. The molecule has 2 heterocycles. The Balaban J connectivity index is 2.83. The lowest BCUT2D eigenvalue weighted by molar-refractivity contribution is 1.05. The van der Waals surface area contributed by atoms with Crippen LogP contribution in [0.3, 0.4) is 0 Å². The van der Waals surface area contributed by atoms with Crippen LogP contribution >= 0.6 is 11.6 Å². The molecule has 2 aromatic heterocycles. The highest BCUT2D eigenvalue weighted by atomic mass is 35.5. The molecule has 0 saturated carbocycles. The molecule has 68 valence electrons. The summed E-state index contributed by atoms with van der Waals surface area (Å²) in [5.41, 5.74) is 0.804. The second-order valence-corrected chi connectivity index (χ2v) is 3.13. The molecular formula is C8H8ClN3O. The zero-order valence-corrected chi connectivity index (χ0v) is 7.80. The number of aromatic nitrogens is 3. The van der Waals surface area contributed by atoms with Crippen molar-refractivity contribution in [2.45, 2.75) is 13.3 Å². The van der Waals surface area contributed by atoms with Crippen molar-refractivity contribution in [3.8, 4) is 0 Å². The second kappa shape index (κ2) is 2.88. The SMILES string of the molecule is CCc1cn2c(=O)cc(Cl)nc2[nH]1. The largest absolute Gasteiger partial charge is 0.327 e. The maximum absolute atomic E-state index is 11.3. The predicted molar refractivity (Wildman–Crippen MR) is 50.2 cm³/mol. The van der Waals surface area contributed by atoms with Crippen molar-refractivity contribution in [2.24, 2.45) is 0 Å². The second-order valence-electron chi connectivity index (χ2n) is 2.74. The fraction of sp³-hybridized carbons (Fsp3) is 0.250. The molecule has 1 N–H and O–H groups in total. The maximum atomic E-state index is 11.3. The molecule has 0 bridgehead atoms. The number of rotatable bonds is 1. The van der Waals surface area contributed by atoms with Crippen molar-refractivity contribution in [1.82, 2.24) is 14.4 Å². The molecule has 0 aliphatic heterocycles. The van der Waals surface area contributed by atoms with Gasteiger partial charge in [0.1, 0.15) is 5.15 Å². The van der Waals surface area contributed by atoms with E-state index in [9.17, 15) is 4.79 Å². The maximum Gasteiger partial charge on any atom is 0.260 e. The molecule has 0 radical (unpaired) electrons. The van der Waals surface area contributed by atoms with Gasteiger partial charge in [-0.25, -0.2) is 4.98 Å². The zero-order valence-electron chi connectivity index (χ0n) is 7.04. The number of aryl methyl sites for hydroxylation is 1. The smallest absolute Gasteiger partial charge is 0.260 e. The van der Waals surface area contributed by atoms with Gasteiger partial charge in [-0.1, -0.05) is 18.5 Å². The summed E-state index contributed by atoms with van der Waals surface area (Å²) in [6.07, 6.45) is 2.57. The number of fused-ring (bicyclic) bond motifs is 1. The minimum Gasteiger partial charge on any atom is -0.327 e. The van der Waals surface area contributed by atoms with E-state index < -0.39 is 0 Å². The van der Waals surface area contributed by atoms with Crippen molar-refractivity contribution in [3.63, 3.8) is 0 Å². The normalized spacial score (nSPS) is 10.9. The Morgan fingerprint density at radius 3 is 3.15 bits per heavy atom. The van der Waals surface area contributed by atoms with Crippen LogP contribution in [0.5, 0.6) is 0 Å². The molecule has 0 fully saturated rings. The third-order valence-electron chi connectivity index (χ3n) is 1.86. The molecule has 0 spiro atoms. The van der Waals surface area contributed by atoms with Crippen molar-refractivity contribution in [1.29, 1.82) is 0 Å². The molecule has 0 aromatic carbocycles. The lowest BCUT2D eigenvalue weighted by atomic mass is 10.4. The van der Waals surface area contributed by atoms with Gasteiger partial charge in [-0.2, -0.15) is 0 Å². The van der Waals surface area contributed by atoms with Gasteiger partial charge in [0.2, 0.25) is 5.78 Å². The average Bonchev–Trinajstić information content (AvgIpc) is 2.47. The van der Waals surface area contributed by atoms with E-state index in [0.717, 1.165) is 12.1 Å². The highest BCUT2D eigenvalue weighted by Gasteiger charge is 2.03. The van der Waals surface area contributed by atoms with Crippen molar-refractivity contribution in [2.75, 3.05) is 0 Å². The highest BCUT2D eigenvalue weighted by Crippen LogP contribution is 2.04. The minimum atomic E-state index is -0.161. The van der Waals surface area contributed by atoms with Crippen LogP contribution < -0.4 is 5.56 Å². The Morgan fingerprint density at radius 1 is 1.69 bits per heavy atom. The molecule has 0 saturated heterocycles. The van der Waals surface area contributed by atoms with Crippen molar-refractivity contribution >= 4 is 17.4 Å². The summed E-state index contributed by atoms with van der Waals surface area (Å²) >= 11 is 5.63. The van der Waals surface area contributed by atoms with Gasteiger partial charge < -0.3 is 4.98 Å². The van der Waals surface area contributed by atoms with Gasteiger partial charge in [0.15, 0.2) is 0 Å². The molecule has 0 atom stereocenters. The summed E-state index contributed by atoms with van der Waals surface area (Å²) in [7, 11) is 0. The number of hydrogen-bond donors (Lipinski definition) is 1. The summed E-state index contributed by atoms with van der Waals surface area (Å²) in [4.78, 5) is 18.3. The van der Waals surface area contributed by atoms with Crippen LogP contribution in [0.4, 0.5) is 0 Å². The molecule has 13 heavy (non-hydrogen) atoms. The molecule has 4 nitrogen and oxygen atoms in total. The van der Waals surface area contributed by atoms with Gasteiger partial charge in [-0.15, -0.1) is 0 Å². The van der Waals surface area contributed by atoms with Crippen molar-refractivity contribution in [3.05, 3.63) is 33.5 Å². The van der Waals surface area contributed by atoms with E-state index >= 15 is 0 Å². The van der Waals surface area contributed by atoms with Gasteiger partial charge in [0.25, 0.3) is 5.56 Å². The molecule has 0 unspecified atom stereocenters. The minimum absolute atomic E-state index is 0.161. The number of imidazole rings is 1. The van der Waals surface area contributed by atoms with Crippen LogP contribution in [-0.2, 0) is 6.42 Å². The number of nitrogens with zero attached hydrogens (tertiary/aromatic N) is 2. The number of nitrogens with one attached hydrogen (secondary N) is 1.